The first-order chi connectivity index (χ1) is 9.19. The van der Waals surface area contributed by atoms with Gasteiger partial charge < -0.3 is 10.0 Å². The molecule has 1 N–H and O–H groups in total. The normalized spacial score (nSPS) is 19.5. The second-order valence-corrected chi connectivity index (χ2v) is 6.07. The molecule has 19 heavy (non-hydrogen) atoms. The topological polar surface area (TPSA) is 40.5 Å². The van der Waals surface area contributed by atoms with Gasteiger partial charge in [0.15, 0.2) is 0 Å². The molecule has 0 aliphatic carbocycles. The van der Waals surface area contributed by atoms with Crippen LogP contribution in [0.4, 0.5) is 0 Å². The van der Waals surface area contributed by atoms with E-state index < -0.39 is 0 Å². The maximum absolute atomic E-state index is 12.1. The molecular formula is C15H20BrNO2. The standard InChI is InChI=1S/C15H20BrNO2/c16-14-6-3-12(4-7-14)5-8-15(19)17-9-1-2-13(10-17)11-18/h3-4,6-7,13,18H,1-2,5,8-11H2. The quantitative estimate of drug-likeness (QED) is 0.924. The van der Waals surface area contributed by atoms with Gasteiger partial charge in [-0.05, 0) is 42.9 Å². The molecule has 1 aromatic rings. The van der Waals surface area contributed by atoms with E-state index in [1.54, 1.807) is 0 Å². The molecule has 0 aromatic heterocycles. The van der Waals surface area contributed by atoms with E-state index >= 15 is 0 Å². The van der Waals surface area contributed by atoms with Gasteiger partial charge in [-0.15, -0.1) is 0 Å². The molecule has 1 atom stereocenters. The molecule has 1 aromatic carbocycles. The molecule has 1 fully saturated rings. The highest BCUT2D eigenvalue weighted by atomic mass is 79.9. The lowest BCUT2D eigenvalue weighted by atomic mass is 9.98. The number of aliphatic hydroxyl groups is 1. The van der Waals surface area contributed by atoms with Gasteiger partial charge in [-0.1, -0.05) is 28.1 Å². The average molecular weight is 326 g/mol. The Bertz CT molecular complexity index is 419. The molecule has 1 unspecified atom stereocenters. The van der Waals surface area contributed by atoms with E-state index in [-0.39, 0.29) is 18.4 Å². The fourth-order valence-corrected chi connectivity index (χ4v) is 2.77. The summed E-state index contributed by atoms with van der Waals surface area (Å²) in [6.45, 7) is 1.75. The molecular weight excluding hydrogens is 306 g/mol. The Hall–Kier alpha value is -0.870. The second kappa shape index (κ2) is 7.06. The lowest BCUT2D eigenvalue weighted by molar-refractivity contribution is -0.133. The first kappa shape index (κ1) is 14.5. The highest BCUT2D eigenvalue weighted by Gasteiger charge is 2.22. The minimum atomic E-state index is 0.191. The number of carbonyl (C=O) groups excluding carboxylic acids is 1. The molecule has 1 aliphatic heterocycles. The Kier molecular flexibility index (Phi) is 5.40. The third-order valence-corrected chi connectivity index (χ3v) is 4.20. The van der Waals surface area contributed by atoms with Crippen LogP contribution in [-0.4, -0.2) is 35.6 Å². The zero-order valence-corrected chi connectivity index (χ0v) is 12.6. The van der Waals surface area contributed by atoms with Crippen molar-refractivity contribution >= 4 is 21.8 Å². The van der Waals surface area contributed by atoms with Crippen molar-refractivity contribution in [2.75, 3.05) is 19.7 Å². The maximum atomic E-state index is 12.1. The zero-order chi connectivity index (χ0) is 13.7. The van der Waals surface area contributed by atoms with Crippen molar-refractivity contribution in [1.82, 2.24) is 4.90 Å². The minimum absolute atomic E-state index is 0.191. The molecule has 0 spiro atoms. The summed E-state index contributed by atoms with van der Waals surface area (Å²) in [4.78, 5) is 14.0. The van der Waals surface area contributed by atoms with Crippen LogP contribution in [0, 0.1) is 5.92 Å². The Balaban J connectivity index is 1.82. The largest absolute Gasteiger partial charge is 0.396 e. The van der Waals surface area contributed by atoms with Gasteiger partial charge >= 0.3 is 0 Å². The van der Waals surface area contributed by atoms with Crippen molar-refractivity contribution < 1.29 is 9.90 Å². The number of rotatable bonds is 4. The predicted molar refractivity (Wildman–Crippen MR) is 78.9 cm³/mol. The van der Waals surface area contributed by atoms with Crippen LogP contribution in [0.1, 0.15) is 24.8 Å². The number of likely N-dealkylation sites (tertiary alicyclic amines) is 1. The van der Waals surface area contributed by atoms with Crippen molar-refractivity contribution in [3.63, 3.8) is 0 Å². The van der Waals surface area contributed by atoms with Crippen molar-refractivity contribution in [2.45, 2.75) is 25.7 Å². The van der Waals surface area contributed by atoms with Gasteiger partial charge in [-0.25, -0.2) is 0 Å². The van der Waals surface area contributed by atoms with Crippen molar-refractivity contribution in [1.29, 1.82) is 0 Å². The van der Waals surface area contributed by atoms with Crippen LogP contribution in [0.5, 0.6) is 0 Å². The highest BCUT2D eigenvalue weighted by Crippen LogP contribution is 2.17. The number of hydrogen-bond donors (Lipinski definition) is 1. The first-order valence-corrected chi connectivity index (χ1v) is 7.61. The first-order valence-electron chi connectivity index (χ1n) is 6.82. The molecule has 3 nitrogen and oxygen atoms in total. The lowest BCUT2D eigenvalue weighted by Gasteiger charge is -2.32. The number of amides is 1. The summed E-state index contributed by atoms with van der Waals surface area (Å²) in [5, 5.41) is 9.18. The summed E-state index contributed by atoms with van der Waals surface area (Å²) in [7, 11) is 0. The number of benzene rings is 1. The van der Waals surface area contributed by atoms with Crippen molar-refractivity contribution in [3.05, 3.63) is 34.3 Å². The summed E-state index contributed by atoms with van der Waals surface area (Å²) in [6.07, 6.45) is 3.38. The van der Waals surface area contributed by atoms with E-state index in [0.29, 0.717) is 6.42 Å². The summed E-state index contributed by atoms with van der Waals surface area (Å²) in [6, 6.07) is 8.10. The third kappa shape index (κ3) is 4.32. The maximum Gasteiger partial charge on any atom is 0.222 e. The van der Waals surface area contributed by atoms with Crippen molar-refractivity contribution in [3.8, 4) is 0 Å². The van der Waals surface area contributed by atoms with Crippen LogP contribution in [0.25, 0.3) is 0 Å². The van der Waals surface area contributed by atoms with Gasteiger partial charge in [-0.3, -0.25) is 4.79 Å². The molecule has 1 aliphatic rings. The van der Waals surface area contributed by atoms with E-state index in [0.717, 1.165) is 36.8 Å². The Morgan fingerprint density at radius 3 is 2.79 bits per heavy atom. The molecule has 0 saturated carbocycles. The average Bonchev–Trinajstić information content (AvgIpc) is 2.46. The number of hydrogen-bond acceptors (Lipinski definition) is 2. The number of piperidine rings is 1. The minimum Gasteiger partial charge on any atom is -0.396 e. The van der Waals surface area contributed by atoms with Crippen LogP contribution in [0.3, 0.4) is 0 Å². The second-order valence-electron chi connectivity index (χ2n) is 5.16. The number of halogens is 1. The molecule has 1 amide bonds. The van der Waals surface area contributed by atoms with Gasteiger partial charge in [0, 0.05) is 30.6 Å². The Morgan fingerprint density at radius 2 is 2.11 bits per heavy atom. The number of aliphatic hydroxyl groups excluding tert-OH is 1. The summed E-state index contributed by atoms with van der Waals surface area (Å²) >= 11 is 3.40. The summed E-state index contributed by atoms with van der Waals surface area (Å²) < 4.78 is 1.06. The molecule has 104 valence electrons. The van der Waals surface area contributed by atoms with Crippen LogP contribution < -0.4 is 0 Å². The molecule has 1 heterocycles. The van der Waals surface area contributed by atoms with Crippen LogP contribution >= 0.6 is 15.9 Å². The van der Waals surface area contributed by atoms with Gasteiger partial charge in [0.25, 0.3) is 0 Å². The Morgan fingerprint density at radius 1 is 1.37 bits per heavy atom. The fraction of sp³-hybridized carbons (Fsp3) is 0.533. The Labute approximate surface area is 122 Å². The summed E-state index contributed by atoms with van der Waals surface area (Å²) in [5.41, 5.74) is 1.19. The van der Waals surface area contributed by atoms with Gasteiger partial charge in [-0.2, -0.15) is 0 Å². The van der Waals surface area contributed by atoms with E-state index in [9.17, 15) is 9.90 Å². The summed E-state index contributed by atoms with van der Waals surface area (Å²) in [5.74, 6) is 0.478. The lowest BCUT2D eigenvalue weighted by Crippen LogP contribution is -2.41. The van der Waals surface area contributed by atoms with Crippen molar-refractivity contribution in [2.24, 2.45) is 5.92 Å². The smallest absolute Gasteiger partial charge is 0.222 e. The highest BCUT2D eigenvalue weighted by molar-refractivity contribution is 9.10. The van der Waals surface area contributed by atoms with Crippen LogP contribution in [0.2, 0.25) is 0 Å². The van der Waals surface area contributed by atoms with E-state index in [4.69, 9.17) is 0 Å². The zero-order valence-electron chi connectivity index (χ0n) is 11.0. The molecule has 1 saturated heterocycles. The predicted octanol–water partition coefficient (Wildman–Crippen LogP) is 2.61. The van der Waals surface area contributed by atoms with E-state index in [1.165, 1.54) is 5.56 Å². The van der Waals surface area contributed by atoms with Crippen LogP contribution in [0.15, 0.2) is 28.7 Å². The van der Waals surface area contributed by atoms with E-state index in [1.807, 2.05) is 29.2 Å². The number of nitrogens with zero attached hydrogens (tertiary/aromatic N) is 1. The molecule has 0 bridgehead atoms. The molecule has 4 heteroatoms. The third-order valence-electron chi connectivity index (χ3n) is 3.67. The van der Waals surface area contributed by atoms with Crippen LogP contribution in [-0.2, 0) is 11.2 Å². The SMILES string of the molecule is O=C(CCc1ccc(Br)cc1)N1CCCC(CO)C1. The molecule has 0 radical (unpaired) electrons. The number of aryl methyl sites for hydroxylation is 1. The molecule has 2 rings (SSSR count). The van der Waals surface area contributed by atoms with E-state index in [2.05, 4.69) is 15.9 Å². The monoisotopic (exact) mass is 325 g/mol. The van der Waals surface area contributed by atoms with Gasteiger partial charge in [0.1, 0.15) is 0 Å². The number of carbonyl (C=O) groups is 1. The van der Waals surface area contributed by atoms with Gasteiger partial charge in [0.05, 0.1) is 0 Å². The van der Waals surface area contributed by atoms with Gasteiger partial charge in [0.2, 0.25) is 5.91 Å². The fourth-order valence-electron chi connectivity index (χ4n) is 2.50.